The van der Waals surface area contributed by atoms with Crippen molar-refractivity contribution in [2.75, 3.05) is 13.2 Å². The summed E-state index contributed by atoms with van der Waals surface area (Å²) < 4.78 is 10.5. The summed E-state index contributed by atoms with van der Waals surface area (Å²) in [5.41, 5.74) is 1.36. The molecule has 1 rings (SSSR count). The van der Waals surface area contributed by atoms with Gasteiger partial charge in [0.1, 0.15) is 0 Å². The van der Waals surface area contributed by atoms with E-state index in [9.17, 15) is 9.59 Å². The van der Waals surface area contributed by atoms with E-state index >= 15 is 0 Å². The Hall–Kier alpha value is -1.36. The second-order valence-corrected chi connectivity index (χ2v) is 4.60. The normalized spacial score (nSPS) is 10.1. The van der Waals surface area contributed by atoms with Crippen LogP contribution in [0.15, 0.2) is 22.7 Å². The Balaban J connectivity index is 2.77. The van der Waals surface area contributed by atoms with Crippen LogP contribution in [0.2, 0.25) is 0 Å². The molecule has 0 heterocycles. The maximum absolute atomic E-state index is 11.7. The highest BCUT2D eigenvalue weighted by molar-refractivity contribution is 9.10. The number of rotatable bonds is 6. The van der Waals surface area contributed by atoms with Gasteiger partial charge in [0.15, 0.2) is 0 Å². The molecule has 0 amide bonds. The van der Waals surface area contributed by atoms with Gasteiger partial charge >= 0.3 is 11.9 Å². The molecule has 0 fully saturated rings. The lowest BCUT2D eigenvalue weighted by atomic mass is 10.1. The van der Waals surface area contributed by atoms with Crippen LogP contribution in [0.3, 0.4) is 0 Å². The molecule has 0 aliphatic heterocycles. The molecule has 0 saturated carbocycles. The van der Waals surface area contributed by atoms with Crippen molar-refractivity contribution in [3.63, 3.8) is 0 Å². The third-order valence-corrected chi connectivity index (χ3v) is 3.41. The van der Waals surface area contributed by atoms with Crippen molar-refractivity contribution in [2.45, 2.75) is 26.7 Å². The SMILES string of the molecule is CCOC(=O)CCc1cccc(C(=O)OCC)c1Br. The monoisotopic (exact) mass is 328 g/mol. The number of ether oxygens (including phenoxy) is 2. The highest BCUT2D eigenvalue weighted by Gasteiger charge is 2.14. The summed E-state index contributed by atoms with van der Waals surface area (Å²) in [4.78, 5) is 23.0. The Bertz CT molecular complexity index is 457. The first-order chi connectivity index (χ1) is 9.10. The molecule has 0 bridgehead atoms. The number of aryl methyl sites for hydroxylation is 1. The topological polar surface area (TPSA) is 52.6 Å². The van der Waals surface area contributed by atoms with Crippen molar-refractivity contribution in [3.05, 3.63) is 33.8 Å². The van der Waals surface area contributed by atoms with E-state index in [0.29, 0.717) is 36.1 Å². The number of carbonyl (C=O) groups excluding carboxylic acids is 2. The van der Waals surface area contributed by atoms with Crippen LogP contribution >= 0.6 is 15.9 Å². The lowest BCUT2D eigenvalue weighted by molar-refractivity contribution is -0.143. The van der Waals surface area contributed by atoms with Gasteiger partial charge in [0.25, 0.3) is 0 Å². The minimum absolute atomic E-state index is 0.240. The molecule has 19 heavy (non-hydrogen) atoms. The molecule has 0 unspecified atom stereocenters. The zero-order valence-electron chi connectivity index (χ0n) is 11.1. The number of esters is 2. The summed E-state index contributed by atoms with van der Waals surface area (Å²) in [6.07, 6.45) is 0.811. The number of hydrogen-bond acceptors (Lipinski definition) is 4. The minimum Gasteiger partial charge on any atom is -0.466 e. The Morgan fingerprint density at radius 1 is 1.16 bits per heavy atom. The molecular weight excluding hydrogens is 312 g/mol. The predicted molar refractivity (Wildman–Crippen MR) is 75.1 cm³/mol. The van der Waals surface area contributed by atoms with E-state index in [1.807, 2.05) is 6.07 Å². The fourth-order valence-corrected chi connectivity index (χ4v) is 2.23. The van der Waals surface area contributed by atoms with Crippen molar-refractivity contribution < 1.29 is 19.1 Å². The number of carbonyl (C=O) groups is 2. The van der Waals surface area contributed by atoms with E-state index in [0.717, 1.165) is 5.56 Å². The quantitative estimate of drug-likeness (QED) is 0.753. The van der Waals surface area contributed by atoms with Gasteiger partial charge < -0.3 is 9.47 Å². The Morgan fingerprint density at radius 3 is 2.47 bits per heavy atom. The van der Waals surface area contributed by atoms with Crippen molar-refractivity contribution in [3.8, 4) is 0 Å². The Morgan fingerprint density at radius 2 is 1.84 bits per heavy atom. The van der Waals surface area contributed by atoms with Gasteiger partial charge in [0, 0.05) is 10.9 Å². The van der Waals surface area contributed by atoms with E-state index in [4.69, 9.17) is 9.47 Å². The predicted octanol–water partition coefficient (Wildman–Crippen LogP) is 3.12. The number of benzene rings is 1. The van der Waals surface area contributed by atoms with Gasteiger partial charge in [-0.25, -0.2) is 4.79 Å². The van der Waals surface area contributed by atoms with E-state index < -0.39 is 0 Å². The molecule has 0 N–H and O–H groups in total. The molecule has 0 radical (unpaired) electrons. The minimum atomic E-state index is -0.368. The van der Waals surface area contributed by atoms with Gasteiger partial charge in [-0.2, -0.15) is 0 Å². The van der Waals surface area contributed by atoms with Crippen molar-refractivity contribution >= 4 is 27.9 Å². The van der Waals surface area contributed by atoms with Crippen LogP contribution < -0.4 is 0 Å². The highest BCUT2D eigenvalue weighted by Crippen LogP contribution is 2.24. The first kappa shape index (κ1) is 15.7. The van der Waals surface area contributed by atoms with E-state index in [1.54, 1.807) is 26.0 Å². The molecule has 0 spiro atoms. The van der Waals surface area contributed by atoms with E-state index in [1.165, 1.54) is 0 Å². The third kappa shape index (κ3) is 4.67. The van der Waals surface area contributed by atoms with E-state index in [-0.39, 0.29) is 11.9 Å². The summed E-state index contributed by atoms with van der Waals surface area (Å²) in [7, 11) is 0. The van der Waals surface area contributed by atoms with Crippen LogP contribution in [0.4, 0.5) is 0 Å². The van der Waals surface area contributed by atoms with Crippen molar-refractivity contribution in [1.29, 1.82) is 0 Å². The lowest BCUT2D eigenvalue weighted by Gasteiger charge is -2.09. The van der Waals surface area contributed by atoms with Gasteiger partial charge in [0.2, 0.25) is 0 Å². The van der Waals surface area contributed by atoms with Gasteiger partial charge in [-0.3, -0.25) is 4.79 Å². The van der Waals surface area contributed by atoms with Gasteiger partial charge in [-0.1, -0.05) is 12.1 Å². The number of halogens is 1. The fraction of sp³-hybridized carbons (Fsp3) is 0.429. The second kappa shape index (κ2) is 7.94. The van der Waals surface area contributed by atoms with E-state index in [2.05, 4.69) is 15.9 Å². The van der Waals surface area contributed by atoms with Crippen LogP contribution in [0.5, 0.6) is 0 Å². The standard InChI is InChI=1S/C14H17BrO4/c1-3-18-12(16)9-8-10-6-5-7-11(13(10)15)14(17)19-4-2/h5-7H,3-4,8-9H2,1-2H3. The Kier molecular flexibility index (Phi) is 6.56. The van der Waals surface area contributed by atoms with Crippen LogP contribution in [-0.2, 0) is 20.7 Å². The van der Waals surface area contributed by atoms with Gasteiger partial charge in [-0.05, 0) is 47.8 Å². The summed E-state index contributed by atoms with van der Waals surface area (Å²) >= 11 is 3.39. The molecular formula is C14H17BrO4. The van der Waals surface area contributed by atoms with Crippen LogP contribution in [-0.4, -0.2) is 25.2 Å². The highest BCUT2D eigenvalue weighted by atomic mass is 79.9. The molecule has 1 aromatic carbocycles. The Labute approximate surface area is 121 Å². The molecule has 1 aromatic rings. The molecule has 0 aliphatic rings. The first-order valence-electron chi connectivity index (χ1n) is 6.20. The summed E-state index contributed by atoms with van der Waals surface area (Å²) in [6, 6.07) is 5.33. The molecule has 0 aromatic heterocycles. The third-order valence-electron chi connectivity index (χ3n) is 2.48. The maximum atomic E-state index is 11.7. The van der Waals surface area contributed by atoms with Crippen LogP contribution in [0, 0.1) is 0 Å². The van der Waals surface area contributed by atoms with Crippen LogP contribution in [0.1, 0.15) is 36.2 Å². The summed E-state index contributed by atoms with van der Waals surface area (Å²) in [5.74, 6) is -0.608. The maximum Gasteiger partial charge on any atom is 0.339 e. The van der Waals surface area contributed by atoms with Gasteiger partial charge in [-0.15, -0.1) is 0 Å². The molecule has 5 heteroatoms. The molecule has 4 nitrogen and oxygen atoms in total. The van der Waals surface area contributed by atoms with Gasteiger partial charge in [0.05, 0.1) is 18.8 Å². The number of hydrogen-bond donors (Lipinski definition) is 0. The average molecular weight is 329 g/mol. The first-order valence-corrected chi connectivity index (χ1v) is 6.99. The second-order valence-electron chi connectivity index (χ2n) is 3.80. The lowest BCUT2D eigenvalue weighted by Crippen LogP contribution is -2.08. The van der Waals surface area contributed by atoms with Crippen LogP contribution in [0.25, 0.3) is 0 Å². The molecule has 0 aliphatic carbocycles. The molecule has 104 valence electrons. The summed E-state index contributed by atoms with van der Waals surface area (Å²) in [6.45, 7) is 4.24. The zero-order valence-corrected chi connectivity index (χ0v) is 12.7. The van der Waals surface area contributed by atoms with Crippen molar-refractivity contribution in [1.82, 2.24) is 0 Å². The zero-order chi connectivity index (χ0) is 14.3. The molecule has 0 atom stereocenters. The molecule has 0 saturated heterocycles. The largest absolute Gasteiger partial charge is 0.466 e. The summed E-state index contributed by atoms with van der Waals surface area (Å²) in [5, 5.41) is 0. The fourth-order valence-electron chi connectivity index (χ4n) is 1.61. The van der Waals surface area contributed by atoms with Crippen molar-refractivity contribution in [2.24, 2.45) is 0 Å². The average Bonchev–Trinajstić information content (AvgIpc) is 2.38. The smallest absolute Gasteiger partial charge is 0.339 e.